The molecule has 182 valence electrons. The minimum atomic E-state index is -0.429. The van der Waals surface area contributed by atoms with Crippen LogP contribution in [0.5, 0.6) is 5.75 Å². The van der Waals surface area contributed by atoms with E-state index in [1.54, 1.807) is 7.11 Å². The Morgan fingerprint density at radius 2 is 1.68 bits per heavy atom. The molecule has 0 unspecified atom stereocenters. The van der Waals surface area contributed by atoms with Gasteiger partial charge in [-0.05, 0) is 42.5 Å². The van der Waals surface area contributed by atoms with Gasteiger partial charge in [0.2, 0.25) is 11.8 Å². The smallest absolute Gasteiger partial charge is 0.241 e. The number of rotatable bonds is 8. The lowest BCUT2D eigenvalue weighted by Crippen LogP contribution is -2.59. The Morgan fingerprint density at radius 1 is 1.03 bits per heavy atom. The van der Waals surface area contributed by atoms with E-state index in [0.29, 0.717) is 26.1 Å². The number of carbonyl (C=O) groups excluding carboxylic acids is 2. The van der Waals surface area contributed by atoms with Gasteiger partial charge in [-0.25, -0.2) is 0 Å². The third kappa shape index (κ3) is 4.97. The second-order valence-electron chi connectivity index (χ2n) is 9.53. The SMILES string of the molecule is CCC(CC)C(=O)N1CCC2(CC1)N[C@@H](Cc1ccccc1)C(=O)N2Cc1ccc(OC)cc1. The molecule has 1 spiro atoms. The van der Waals surface area contributed by atoms with Crippen LogP contribution in [-0.4, -0.2) is 53.5 Å². The Morgan fingerprint density at radius 3 is 2.26 bits per heavy atom. The van der Waals surface area contributed by atoms with Crippen molar-refractivity contribution in [2.75, 3.05) is 20.2 Å². The van der Waals surface area contributed by atoms with Crippen LogP contribution in [0.15, 0.2) is 54.6 Å². The van der Waals surface area contributed by atoms with Gasteiger partial charge in [-0.15, -0.1) is 0 Å². The third-order valence-electron chi connectivity index (χ3n) is 7.54. The molecule has 2 aliphatic heterocycles. The zero-order chi connectivity index (χ0) is 24.1. The van der Waals surface area contributed by atoms with Gasteiger partial charge in [0.1, 0.15) is 5.75 Å². The van der Waals surface area contributed by atoms with Crippen molar-refractivity contribution in [3.63, 3.8) is 0 Å². The normalized spacial score (nSPS) is 19.8. The highest BCUT2D eigenvalue weighted by atomic mass is 16.5. The monoisotopic (exact) mass is 463 g/mol. The van der Waals surface area contributed by atoms with Crippen molar-refractivity contribution in [2.24, 2.45) is 5.92 Å². The second-order valence-corrected chi connectivity index (χ2v) is 9.53. The molecule has 34 heavy (non-hydrogen) atoms. The molecule has 4 rings (SSSR count). The molecule has 2 amide bonds. The summed E-state index contributed by atoms with van der Waals surface area (Å²) in [7, 11) is 1.66. The van der Waals surface area contributed by atoms with Crippen molar-refractivity contribution in [3.8, 4) is 5.75 Å². The second kappa shape index (κ2) is 10.6. The van der Waals surface area contributed by atoms with Gasteiger partial charge in [-0.2, -0.15) is 0 Å². The number of benzene rings is 2. The molecule has 0 bridgehead atoms. The summed E-state index contributed by atoms with van der Waals surface area (Å²) in [6.45, 7) is 6.06. The van der Waals surface area contributed by atoms with Crippen molar-refractivity contribution >= 4 is 11.8 Å². The van der Waals surface area contributed by atoms with E-state index in [4.69, 9.17) is 4.74 Å². The molecule has 0 aromatic heterocycles. The van der Waals surface area contributed by atoms with E-state index < -0.39 is 5.66 Å². The quantitative estimate of drug-likeness (QED) is 0.643. The zero-order valence-electron chi connectivity index (χ0n) is 20.6. The van der Waals surface area contributed by atoms with Crippen molar-refractivity contribution in [2.45, 2.75) is 64.2 Å². The summed E-state index contributed by atoms with van der Waals surface area (Å²) in [5.41, 5.74) is 1.80. The fourth-order valence-electron chi connectivity index (χ4n) is 5.40. The number of hydrogen-bond acceptors (Lipinski definition) is 4. The number of methoxy groups -OCH3 is 1. The Hall–Kier alpha value is -2.86. The fourth-order valence-corrected chi connectivity index (χ4v) is 5.40. The van der Waals surface area contributed by atoms with Gasteiger partial charge in [0.05, 0.1) is 18.8 Å². The predicted molar refractivity (Wildman–Crippen MR) is 133 cm³/mol. The minimum Gasteiger partial charge on any atom is -0.497 e. The third-order valence-corrected chi connectivity index (χ3v) is 7.54. The summed E-state index contributed by atoms with van der Waals surface area (Å²) in [6.07, 6.45) is 3.89. The van der Waals surface area contributed by atoms with E-state index in [1.165, 1.54) is 0 Å². The van der Waals surface area contributed by atoms with E-state index in [9.17, 15) is 9.59 Å². The van der Waals surface area contributed by atoms with Crippen LogP contribution in [0, 0.1) is 5.92 Å². The number of carbonyl (C=O) groups is 2. The maximum absolute atomic E-state index is 13.7. The summed E-state index contributed by atoms with van der Waals surface area (Å²) in [5, 5.41) is 3.73. The van der Waals surface area contributed by atoms with Gasteiger partial charge in [0, 0.05) is 38.4 Å². The molecule has 0 radical (unpaired) electrons. The Labute approximate surface area is 203 Å². The number of nitrogens with one attached hydrogen (secondary N) is 1. The van der Waals surface area contributed by atoms with Crippen molar-refractivity contribution in [1.82, 2.24) is 15.1 Å². The maximum Gasteiger partial charge on any atom is 0.241 e. The molecule has 2 saturated heterocycles. The van der Waals surface area contributed by atoms with Gasteiger partial charge in [0.15, 0.2) is 0 Å². The van der Waals surface area contributed by atoms with Crippen LogP contribution in [0.2, 0.25) is 0 Å². The van der Waals surface area contributed by atoms with Gasteiger partial charge in [-0.3, -0.25) is 14.9 Å². The summed E-state index contributed by atoms with van der Waals surface area (Å²) in [6, 6.07) is 17.8. The largest absolute Gasteiger partial charge is 0.497 e. The van der Waals surface area contributed by atoms with Gasteiger partial charge >= 0.3 is 0 Å². The van der Waals surface area contributed by atoms with E-state index in [2.05, 4.69) is 31.3 Å². The topological polar surface area (TPSA) is 61.9 Å². The molecule has 1 N–H and O–H groups in total. The lowest BCUT2D eigenvalue weighted by molar-refractivity contribution is -0.140. The standard InChI is InChI=1S/C28H37N3O3/c1-4-23(5-2)26(32)30-17-15-28(16-18-30)29-25(19-21-9-7-6-8-10-21)27(33)31(28)20-22-11-13-24(34-3)14-12-22/h6-14,23,25,29H,4-5,15-20H2,1-3H3/t25-/m0/s1. The van der Waals surface area contributed by atoms with Crippen molar-refractivity contribution in [3.05, 3.63) is 65.7 Å². The molecule has 2 heterocycles. The van der Waals surface area contributed by atoms with Gasteiger partial charge in [0.25, 0.3) is 0 Å². The van der Waals surface area contributed by atoms with E-state index in [0.717, 1.165) is 42.6 Å². The number of nitrogens with zero attached hydrogens (tertiary/aromatic N) is 2. The Balaban J connectivity index is 1.54. The average molecular weight is 464 g/mol. The summed E-state index contributed by atoms with van der Waals surface area (Å²) in [5.74, 6) is 1.29. The van der Waals surface area contributed by atoms with Gasteiger partial charge < -0.3 is 14.5 Å². The van der Waals surface area contributed by atoms with Crippen LogP contribution in [0.3, 0.4) is 0 Å². The predicted octanol–water partition coefficient (Wildman–Crippen LogP) is 3.99. The van der Waals surface area contributed by atoms with E-state index in [-0.39, 0.29) is 23.8 Å². The minimum absolute atomic E-state index is 0.0912. The molecule has 6 heteroatoms. The molecule has 6 nitrogen and oxygen atoms in total. The molecule has 2 aromatic rings. The number of amides is 2. The Kier molecular flexibility index (Phi) is 7.57. The first kappa shape index (κ1) is 24.3. The van der Waals surface area contributed by atoms with Gasteiger partial charge in [-0.1, -0.05) is 56.3 Å². The lowest BCUT2D eigenvalue weighted by Gasteiger charge is -2.45. The maximum atomic E-state index is 13.7. The summed E-state index contributed by atoms with van der Waals surface area (Å²) < 4.78 is 5.30. The van der Waals surface area contributed by atoms with Crippen LogP contribution >= 0.6 is 0 Å². The molecular formula is C28H37N3O3. The molecule has 1 atom stereocenters. The Bertz CT molecular complexity index is 964. The van der Waals surface area contributed by atoms with Crippen LogP contribution in [0.4, 0.5) is 0 Å². The van der Waals surface area contributed by atoms with E-state index >= 15 is 0 Å². The first-order chi connectivity index (χ1) is 16.5. The number of piperidine rings is 1. The number of hydrogen-bond donors (Lipinski definition) is 1. The van der Waals surface area contributed by atoms with Crippen LogP contribution in [0.25, 0.3) is 0 Å². The van der Waals surface area contributed by atoms with Crippen molar-refractivity contribution < 1.29 is 14.3 Å². The molecular weight excluding hydrogens is 426 g/mol. The highest BCUT2D eigenvalue weighted by Crippen LogP contribution is 2.35. The first-order valence-electron chi connectivity index (χ1n) is 12.5. The first-order valence-corrected chi connectivity index (χ1v) is 12.5. The number of ether oxygens (including phenoxy) is 1. The molecule has 0 aliphatic carbocycles. The van der Waals surface area contributed by atoms with Crippen LogP contribution < -0.4 is 10.1 Å². The van der Waals surface area contributed by atoms with E-state index in [1.807, 2.05) is 52.3 Å². The average Bonchev–Trinajstić information content (AvgIpc) is 3.11. The lowest BCUT2D eigenvalue weighted by atomic mass is 9.93. The molecule has 0 saturated carbocycles. The molecule has 2 aliphatic rings. The highest BCUT2D eigenvalue weighted by molar-refractivity contribution is 5.86. The molecule has 2 aromatic carbocycles. The summed E-state index contributed by atoms with van der Waals surface area (Å²) in [4.78, 5) is 30.7. The zero-order valence-corrected chi connectivity index (χ0v) is 20.6. The summed E-state index contributed by atoms with van der Waals surface area (Å²) >= 11 is 0. The van der Waals surface area contributed by atoms with Crippen molar-refractivity contribution in [1.29, 1.82) is 0 Å². The fraction of sp³-hybridized carbons (Fsp3) is 0.500. The number of likely N-dealkylation sites (tertiary alicyclic amines) is 1. The van der Waals surface area contributed by atoms with Crippen LogP contribution in [-0.2, 0) is 22.6 Å². The van der Waals surface area contributed by atoms with Crippen LogP contribution in [0.1, 0.15) is 50.7 Å². The highest BCUT2D eigenvalue weighted by Gasteiger charge is 2.51. The molecule has 2 fully saturated rings.